The van der Waals surface area contributed by atoms with Gasteiger partial charge in [0.25, 0.3) is 0 Å². The number of nitrogens with one attached hydrogen (secondary N) is 2. The summed E-state index contributed by atoms with van der Waals surface area (Å²) in [4.78, 5) is 11.7. The van der Waals surface area contributed by atoms with Crippen molar-refractivity contribution in [2.24, 2.45) is 0 Å². The summed E-state index contributed by atoms with van der Waals surface area (Å²) in [5.41, 5.74) is 0.983. The van der Waals surface area contributed by atoms with Crippen LogP contribution in [-0.2, 0) is 11.3 Å². The van der Waals surface area contributed by atoms with Gasteiger partial charge < -0.3 is 10.6 Å². The molecule has 2 rings (SSSR count). The third-order valence-electron chi connectivity index (χ3n) is 2.93. The molecule has 21 heavy (non-hydrogen) atoms. The van der Waals surface area contributed by atoms with E-state index in [1.807, 2.05) is 41.9 Å². The smallest absolute Gasteiger partial charge is 0.220 e. The Labute approximate surface area is 130 Å². The van der Waals surface area contributed by atoms with Crippen molar-refractivity contribution in [3.8, 4) is 5.69 Å². The summed E-state index contributed by atoms with van der Waals surface area (Å²) in [5.74, 6) is 0.751. The second-order valence-corrected chi connectivity index (χ2v) is 4.44. The lowest BCUT2D eigenvalue weighted by molar-refractivity contribution is -0.121. The zero-order chi connectivity index (χ0) is 14.2. The fraction of sp³-hybridized carbons (Fsp3) is 0.357. The van der Waals surface area contributed by atoms with Crippen LogP contribution in [0.4, 0.5) is 0 Å². The molecule has 0 unspecified atom stereocenters. The highest BCUT2D eigenvalue weighted by Gasteiger charge is 2.07. The lowest BCUT2D eigenvalue weighted by atomic mass is 10.3. The van der Waals surface area contributed by atoms with Gasteiger partial charge in [0.05, 0.1) is 6.54 Å². The Kier molecular flexibility index (Phi) is 7.42. The second-order valence-electron chi connectivity index (χ2n) is 4.44. The van der Waals surface area contributed by atoms with Crippen molar-refractivity contribution in [2.75, 3.05) is 13.6 Å². The van der Waals surface area contributed by atoms with Gasteiger partial charge in [0.1, 0.15) is 6.33 Å². The Morgan fingerprint density at radius 2 is 2.05 bits per heavy atom. The molecule has 0 saturated carbocycles. The van der Waals surface area contributed by atoms with Crippen molar-refractivity contribution >= 4 is 18.3 Å². The van der Waals surface area contributed by atoms with Gasteiger partial charge in [0, 0.05) is 12.1 Å². The molecule has 114 valence electrons. The number of carbonyl (C=O) groups excluding carboxylic acids is 1. The first-order chi connectivity index (χ1) is 9.81. The summed E-state index contributed by atoms with van der Waals surface area (Å²) in [5, 5.41) is 13.8. The molecule has 6 nitrogen and oxygen atoms in total. The molecule has 0 aliphatic heterocycles. The standard InChI is InChI=1S/C14H19N5O.ClH/c1-15-9-5-8-14(20)16-10-13-18-17-11-19(13)12-6-3-2-4-7-12;/h2-4,6-7,11,15H,5,8-10H2,1H3,(H,16,20);1H. The first-order valence-electron chi connectivity index (χ1n) is 6.67. The maximum Gasteiger partial charge on any atom is 0.220 e. The van der Waals surface area contributed by atoms with Crippen LogP contribution >= 0.6 is 12.4 Å². The fourth-order valence-corrected chi connectivity index (χ4v) is 1.88. The highest BCUT2D eigenvalue weighted by Crippen LogP contribution is 2.08. The van der Waals surface area contributed by atoms with E-state index < -0.39 is 0 Å². The zero-order valence-corrected chi connectivity index (χ0v) is 12.8. The first kappa shape index (κ1) is 17.1. The highest BCUT2D eigenvalue weighted by atomic mass is 35.5. The van der Waals surface area contributed by atoms with Crippen molar-refractivity contribution in [1.82, 2.24) is 25.4 Å². The minimum Gasteiger partial charge on any atom is -0.349 e. The number of para-hydroxylation sites is 1. The topological polar surface area (TPSA) is 71.8 Å². The largest absolute Gasteiger partial charge is 0.349 e. The van der Waals surface area contributed by atoms with Crippen LogP contribution < -0.4 is 10.6 Å². The van der Waals surface area contributed by atoms with Gasteiger partial charge in [-0.2, -0.15) is 0 Å². The number of halogens is 1. The van der Waals surface area contributed by atoms with Crippen LogP contribution in [0.3, 0.4) is 0 Å². The zero-order valence-electron chi connectivity index (χ0n) is 12.0. The van der Waals surface area contributed by atoms with E-state index in [-0.39, 0.29) is 18.3 Å². The molecular formula is C14H20ClN5O. The summed E-state index contributed by atoms with van der Waals surface area (Å²) in [6.45, 7) is 1.22. The number of rotatable bonds is 7. The summed E-state index contributed by atoms with van der Waals surface area (Å²) in [6.07, 6.45) is 2.99. The predicted octanol–water partition coefficient (Wildman–Crippen LogP) is 1.30. The van der Waals surface area contributed by atoms with Gasteiger partial charge in [-0.25, -0.2) is 0 Å². The number of hydrogen-bond donors (Lipinski definition) is 2. The van der Waals surface area contributed by atoms with Crippen LogP contribution in [0.15, 0.2) is 36.7 Å². The molecule has 1 aromatic heterocycles. The number of carbonyl (C=O) groups is 1. The lowest BCUT2D eigenvalue weighted by Crippen LogP contribution is -2.25. The van der Waals surface area contributed by atoms with Crippen molar-refractivity contribution in [3.05, 3.63) is 42.5 Å². The van der Waals surface area contributed by atoms with Gasteiger partial charge in [-0.15, -0.1) is 22.6 Å². The molecule has 1 aromatic carbocycles. The normalized spacial score (nSPS) is 9.95. The molecule has 0 fully saturated rings. The Bertz CT molecular complexity index is 543. The van der Waals surface area contributed by atoms with Gasteiger partial charge in [-0.05, 0) is 32.1 Å². The molecule has 0 saturated heterocycles. The molecule has 0 bridgehead atoms. The molecular weight excluding hydrogens is 290 g/mol. The summed E-state index contributed by atoms with van der Waals surface area (Å²) in [6, 6.07) is 9.81. The number of aromatic nitrogens is 3. The molecule has 7 heteroatoms. The minimum atomic E-state index is 0. The van der Waals surface area contributed by atoms with Crippen LogP contribution in [0.2, 0.25) is 0 Å². The number of hydrogen-bond acceptors (Lipinski definition) is 4. The molecule has 2 N–H and O–H groups in total. The Morgan fingerprint density at radius 1 is 1.29 bits per heavy atom. The van der Waals surface area contributed by atoms with Crippen LogP contribution in [-0.4, -0.2) is 34.3 Å². The van der Waals surface area contributed by atoms with E-state index in [2.05, 4.69) is 20.8 Å². The number of amides is 1. The highest BCUT2D eigenvalue weighted by molar-refractivity contribution is 5.85. The van der Waals surface area contributed by atoms with Gasteiger partial charge in [0.15, 0.2) is 5.82 Å². The Morgan fingerprint density at radius 3 is 2.76 bits per heavy atom. The molecule has 0 radical (unpaired) electrons. The molecule has 1 heterocycles. The Hall–Kier alpha value is -1.92. The molecule has 0 aliphatic carbocycles. The average Bonchev–Trinajstić information content (AvgIpc) is 2.95. The first-order valence-corrected chi connectivity index (χ1v) is 6.67. The number of nitrogens with zero attached hydrogens (tertiary/aromatic N) is 3. The van der Waals surface area contributed by atoms with Crippen LogP contribution in [0.25, 0.3) is 5.69 Å². The second kappa shape index (κ2) is 9.10. The van der Waals surface area contributed by atoms with Gasteiger partial charge in [-0.3, -0.25) is 9.36 Å². The molecule has 1 amide bonds. The van der Waals surface area contributed by atoms with E-state index in [0.29, 0.717) is 13.0 Å². The molecule has 0 atom stereocenters. The number of benzene rings is 1. The third kappa shape index (κ3) is 5.17. The summed E-state index contributed by atoms with van der Waals surface area (Å²) in [7, 11) is 1.88. The van der Waals surface area contributed by atoms with E-state index in [4.69, 9.17) is 0 Å². The SMILES string of the molecule is CNCCCC(=O)NCc1nncn1-c1ccccc1.Cl. The monoisotopic (exact) mass is 309 g/mol. The van der Waals surface area contributed by atoms with Gasteiger partial charge in [-0.1, -0.05) is 18.2 Å². The molecule has 0 spiro atoms. The van der Waals surface area contributed by atoms with E-state index in [1.54, 1.807) is 6.33 Å². The van der Waals surface area contributed by atoms with Gasteiger partial charge in [0.2, 0.25) is 5.91 Å². The van der Waals surface area contributed by atoms with E-state index in [0.717, 1.165) is 24.5 Å². The van der Waals surface area contributed by atoms with E-state index in [1.165, 1.54) is 0 Å². The van der Waals surface area contributed by atoms with Crippen LogP contribution in [0.5, 0.6) is 0 Å². The minimum absolute atomic E-state index is 0. The quantitative estimate of drug-likeness (QED) is 0.756. The van der Waals surface area contributed by atoms with Crippen molar-refractivity contribution in [2.45, 2.75) is 19.4 Å². The van der Waals surface area contributed by atoms with Crippen molar-refractivity contribution in [3.63, 3.8) is 0 Å². The lowest BCUT2D eigenvalue weighted by Gasteiger charge is -2.07. The van der Waals surface area contributed by atoms with E-state index in [9.17, 15) is 4.79 Å². The predicted molar refractivity (Wildman–Crippen MR) is 83.6 cm³/mol. The molecule has 0 aliphatic rings. The van der Waals surface area contributed by atoms with E-state index >= 15 is 0 Å². The maximum atomic E-state index is 11.7. The van der Waals surface area contributed by atoms with Crippen molar-refractivity contribution < 1.29 is 4.79 Å². The summed E-state index contributed by atoms with van der Waals surface area (Å²) >= 11 is 0. The average molecular weight is 310 g/mol. The molecule has 2 aromatic rings. The van der Waals surface area contributed by atoms with Crippen molar-refractivity contribution in [1.29, 1.82) is 0 Å². The van der Waals surface area contributed by atoms with Crippen LogP contribution in [0.1, 0.15) is 18.7 Å². The van der Waals surface area contributed by atoms with Crippen LogP contribution in [0, 0.1) is 0 Å². The maximum absolute atomic E-state index is 11.7. The Balaban J connectivity index is 0.00000220. The van der Waals surface area contributed by atoms with Gasteiger partial charge >= 0.3 is 0 Å². The summed E-state index contributed by atoms with van der Waals surface area (Å²) < 4.78 is 1.87. The fourth-order valence-electron chi connectivity index (χ4n) is 1.88. The third-order valence-corrected chi connectivity index (χ3v) is 2.93.